The number of ether oxygens (including phenoxy) is 3. The van der Waals surface area contributed by atoms with Gasteiger partial charge in [0, 0.05) is 19.3 Å². The summed E-state index contributed by atoms with van der Waals surface area (Å²) in [5.74, 6) is -0.827. The summed E-state index contributed by atoms with van der Waals surface area (Å²) < 4.78 is 17.0. The first-order valence-corrected chi connectivity index (χ1v) is 36.7. The molecule has 0 fully saturated rings. The van der Waals surface area contributed by atoms with Crippen LogP contribution in [0.15, 0.2) is 12.2 Å². The van der Waals surface area contributed by atoms with Gasteiger partial charge < -0.3 is 14.2 Å². The molecule has 0 amide bonds. The summed E-state index contributed by atoms with van der Waals surface area (Å²) in [5.41, 5.74) is 0. The maximum atomic E-state index is 13.0. The van der Waals surface area contributed by atoms with Crippen LogP contribution < -0.4 is 0 Å². The molecule has 0 rings (SSSR count). The highest BCUT2D eigenvalue weighted by Crippen LogP contribution is 2.19. The Labute approximate surface area is 501 Å². The number of unbranched alkanes of at least 4 members (excludes halogenated alkanes) is 56. The van der Waals surface area contributed by atoms with Gasteiger partial charge in [-0.1, -0.05) is 373 Å². The van der Waals surface area contributed by atoms with Crippen molar-refractivity contribution in [2.75, 3.05) is 13.2 Å². The topological polar surface area (TPSA) is 78.9 Å². The molecule has 0 saturated heterocycles. The second-order valence-corrected chi connectivity index (χ2v) is 25.2. The van der Waals surface area contributed by atoms with Crippen molar-refractivity contribution < 1.29 is 28.6 Å². The highest BCUT2D eigenvalue weighted by atomic mass is 16.6. The van der Waals surface area contributed by atoms with E-state index < -0.39 is 6.10 Å². The third-order valence-electron chi connectivity index (χ3n) is 17.0. The Balaban J connectivity index is 4.21. The molecule has 474 valence electrons. The summed E-state index contributed by atoms with van der Waals surface area (Å²) in [4.78, 5) is 38.5. The number of hydrogen-bond acceptors (Lipinski definition) is 6. The van der Waals surface area contributed by atoms with Gasteiger partial charge in [-0.15, -0.1) is 0 Å². The van der Waals surface area contributed by atoms with Crippen molar-refractivity contribution in [2.45, 2.75) is 431 Å². The van der Waals surface area contributed by atoms with Crippen LogP contribution in [0.4, 0.5) is 0 Å². The maximum absolute atomic E-state index is 13.0. The number of esters is 3. The van der Waals surface area contributed by atoms with Crippen molar-refractivity contribution in [1.82, 2.24) is 0 Å². The Morgan fingerprint density at radius 1 is 0.237 bits per heavy atom. The van der Waals surface area contributed by atoms with E-state index in [0.717, 1.165) is 57.8 Å². The normalized spacial score (nSPS) is 12.0. The highest BCUT2D eigenvalue weighted by Gasteiger charge is 2.20. The minimum atomic E-state index is -0.768. The molecule has 0 aromatic carbocycles. The lowest BCUT2D eigenvalue weighted by molar-refractivity contribution is -0.167. The van der Waals surface area contributed by atoms with Gasteiger partial charge in [-0.2, -0.15) is 0 Å². The monoisotopic (exact) mass is 1130 g/mol. The van der Waals surface area contributed by atoms with Gasteiger partial charge in [-0.3, -0.25) is 14.4 Å². The summed E-state index contributed by atoms with van der Waals surface area (Å²) >= 11 is 0. The van der Waals surface area contributed by atoms with E-state index in [4.69, 9.17) is 14.2 Å². The van der Waals surface area contributed by atoms with Gasteiger partial charge in [0.2, 0.25) is 0 Å². The van der Waals surface area contributed by atoms with Gasteiger partial charge >= 0.3 is 17.9 Å². The van der Waals surface area contributed by atoms with Crippen LogP contribution >= 0.6 is 0 Å². The lowest BCUT2D eigenvalue weighted by atomic mass is 10.0. The molecule has 0 aliphatic carbocycles. The van der Waals surface area contributed by atoms with Crippen LogP contribution in [0.2, 0.25) is 0 Å². The summed E-state index contributed by atoms with van der Waals surface area (Å²) in [6.45, 7) is 6.73. The number of rotatable bonds is 69. The fourth-order valence-corrected chi connectivity index (χ4v) is 11.5. The van der Waals surface area contributed by atoms with E-state index in [1.165, 1.54) is 327 Å². The van der Waals surface area contributed by atoms with E-state index in [9.17, 15) is 14.4 Å². The summed E-state index contributed by atoms with van der Waals surface area (Å²) in [7, 11) is 0. The zero-order chi connectivity index (χ0) is 57.8. The van der Waals surface area contributed by atoms with Crippen LogP contribution in [0.5, 0.6) is 0 Å². The van der Waals surface area contributed by atoms with Crippen molar-refractivity contribution in [1.29, 1.82) is 0 Å². The third-order valence-corrected chi connectivity index (χ3v) is 17.0. The molecule has 0 spiro atoms. The van der Waals surface area contributed by atoms with Gasteiger partial charge in [-0.25, -0.2) is 0 Å². The van der Waals surface area contributed by atoms with E-state index in [2.05, 4.69) is 32.9 Å². The lowest BCUT2D eigenvalue weighted by Gasteiger charge is -2.18. The smallest absolute Gasteiger partial charge is 0.306 e. The van der Waals surface area contributed by atoms with Crippen molar-refractivity contribution in [2.24, 2.45) is 0 Å². The number of allylic oxidation sites excluding steroid dienone is 2. The fourth-order valence-electron chi connectivity index (χ4n) is 11.5. The van der Waals surface area contributed by atoms with Crippen LogP contribution in [-0.4, -0.2) is 37.2 Å². The molecule has 1 unspecified atom stereocenters. The van der Waals surface area contributed by atoms with Crippen molar-refractivity contribution in [3.8, 4) is 0 Å². The van der Waals surface area contributed by atoms with E-state index >= 15 is 0 Å². The van der Waals surface area contributed by atoms with Gasteiger partial charge in [0.05, 0.1) is 0 Å². The first kappa shape index (κ1) is 78.1. The molecule has 6 nitrogen and oxygen atoms in total. The average molecular weight is 1130 g/mol. The first-order chi connectivity index (χ1) is 39.5. The van der Waals surface area contributed by atoms with Crippen molar-refractivity contribution in [3.63, 3.8) is 0 Å². The van der Waals surface area contributed by atoms with E-state index in [0.29, 0.717) is 19.3 Å². The lowest BCUT2D eigenvalue weighted by Crippen LogP contribution is -2.30. The molecule has 0 N–H and O–H groups in total. The summed E-state index contributed by atoms with van der Waals surface area (Å²) in [6.07, 6.45) is 83.9. The Hall–Kier alpha value is -1.85. The fraction of sp³-hybridized carbons (Fsp3) is 0.932. The molecule has 0 aromatic heterocycles. The Bertz CT molecular complexity index is 1250. The Kier molecular flexibility index (Phi) is 68.0. The average Bonchev–Trinajstić information content (AvgIpc) is 3.46. The molecule has 1 atom stereocenters. The number of hydrogen-bond donors (Lipinski definition) is 0. The predicted molar refractivity (Wildman–Crippen MR) is 349 cm³/mol. The molecular formula is C74H142O6. The van der Waals surface area contributed by atoms with Crippen LogP contribution in [0.1, 0.15) is 425 Å². The predicted octanol–water partition coefficient (Wildman–Crippen LogP) is 25.2. The molecule has 6 heteroatoms. The summed E-state index contributed by atoms with van der Waals surface area (Å²) in [6, 6.07) is 0. The second kappa shape index (κ2) is 69.6. The Morgan fingerprint density at radius 2 is 0.412 bits per heavy atom. The summed E-state index contributed by atoms with van der Waals surface area (Å²) in [5, 5.41) is 0. The molecule has 0 radical (unpaired) electrons. The third kappa shape index (κ3) is 66.9. The quantitative estimate of drug-likeness (QED) is 0.0261. The Morgan fingerprint density at radius 3 is 0.625 bits per heavy atom. The van der Waals surface area contributed by atoms with Crippen molar-refractivity contribution in [3.05, 3.63) is 12.2 Å². The molecular weight excluding hydrogens is 985 g/mol. The second-order valence-electron chi connectivity index (χ2n) is 25.2. The number of carbonyl (C=O) groups excluding carboxylic acids is 3. The molecule has 0 aromatic rings. The van der Waals surface area contributed by atoms with Crippen molar-refractivity contribution >= 4 is 17.9 Å². The standard InChI is InChI=1S/C74H142O6/c1-4-7-10-13-16-19-22-25-28-31-33-34-35-36-37-38-39-40-42-43-46-49-52-55-58-61-64-67-73(76)79-70-71(69-78-72(75)66-63-60-57-54-51-48-45-30-27-24-21-18-15-12-9-6-3)80-74(77)68-65-62-59-56-53-50-47-44-41-32-29-26-23-20-17-14-11-8-5-2/h26,29,71H,4-25,27-28,30-70H2,1-3H3/b29-26-. The van der Waals surface area contributed by atoms with E-state index in [1.54, 1.807) is 0 Å². The van der Waals surface area contributed by atoms with E-state index in [-0.39, 0.29) is 31.1 Å². The zero-order valence-corrected chi connectivity index (χ0v) is 54.6. The SMILES string of the molecule is CCCCCCCC/C=C\CCCCCCCCCCCC(=O)OC(COC(=O)CCCCCCCCCCCCCCCCCC)COC(=O)CCCCCCCCCCCCCCCCCCCCCCCCCCCCC. The maximum Gasteiger partial charge on any atom is 0.306 e. The van der Waals surface area contributed by atoms with Crippen LogP contribution in [0.25, 0.3) is 0 Å². The minimum Gasteiger partial charge on any atom is -0.462 e. The highest BCUT2D eigenvalue weighted by molar-refractivity contribution is 5.71. The van der Waals surface area contributed by atoms with E-state index in [1.807, 2.05) is 0 Å². The van der Waals surface area contributed by atoms with Gasteiger partial charge in [-0.05, 0) is 44.9 Å². The molecule has 0 heterocycles. The molecule has 0 saturated carbocycles. The largest absolute Gasteiger partial charge is 0.462 e. The first-order valence-electron chi connectivity index (χ1n) is 36.7. The van der Waals surface area contributed by atoms with Crippen LogP contribution in [0, 0.1) is 0 Å². The molecule has 80 heavy (non-hydrogen) atoms. The van der Waals surface area contributed by atoms with Crippen LogP contribution in [-0.2, 0) is 28.6 Å². The minimum absolute atomic E-state index is 0.0636. The molecule has 0 aliphatic heterocycles. The van der Waals surface area contributed by atoms with Gasteiger partial charge in [0.1, 0.15) is 13.2 Å². The van der Waals surface area contributed by atoms with Gasteiger partial charge in [0.15, 0.2) is 6.10 Å². The number of carbonyl (C=O) groups is 3. The zero-order valence-electron chi connectivity index (χ0n) is 54.6. The molecule has 0 aliphatic rings. The van der Waals surface area contributed by atoms with Gasteiger partial charge in [0.25, 0.3) is 0 Å². The molecule has 0 bridgehead atoms. The van der Waals surface area contributed by atoms with Crippen LogP contribution in [0.3, 0.4) is 0 Å².